The second kappa shape index (κ2) is 5.55. The first-order valence-corrected chi connectivity index (χ1v) is 11.7. The quantitative estimate of drug-likeness (QED) is 0.569. The number of hydrogen-bond acceptors (Lipinski definition) is 6. The van der Waals surface area contributed by atoms with E-state index < -0.39 is 27.5 Å². The molecular weight excluding hydrogens is 394 g/mol. The second-order valence-electron chi connectivity index (χ2n) is 9.40. The van der Waals surface area contributed by atoms with Crippen LogP contribution in [0.25, 0.3) is 0 Å². The number of rotatable bonds is 4. The summed E-state index contributed by atoms with van der Waals surface area (Å²) in [7, 11) is -4.68. The van der Waals surface area contributed by atoms with E-state index in [4.69, 9.17) is 8.92 Å². The molecule has 0 aromatic heterocycles. The van der Waals surface area contributed by atoms with Crippen molar-refractivity contribution < 1.29 is 27.0 Å². The third-order valence-electron chi connectivity index (χ3n) is 7.89. The molecule has 7 nitrogen and oxygen atoms in total. The van der Waals surface area contributed by atoms with E-state index in [9.17, 15) is 18.1 Å². The molecule has 0 unspecified atom stereocenters. The molecule has 4 atom stereocenters. The summed E-state index contributed by atoms with van der Waals surface area (Å²) < 4.78 is 43.1. The second-order valence-corrected chi connectivity index (χ2v) is 10.4. The minimum Gasteiger partial charge on any atom is -0.481 e. The van der Waals surface area contributed by atoms with E-state index in [0.717, 1.165) is 42.1 Å². The molecule has 6 rings (SSSR count). The number of aliphatic hydroxyl groups is 1. The molecule has 5 aliphatic rings. The van der Waals surface area contributed by atoms with Crippen LogP contribution < -0.4 is 8.92 Å². The molecule has 2 saturated carbocycles. The van der Waals surface area contributed by atoms with Crippen LogP contribution in [0.2, 0.25) is 0 Å². The summed E-state index contributed by atoms with van der Waals surface area (Å²) in [6.45, 7) is 6.13. The molecule has 1 aromatic rings. The normalized spacial score (nSPS) is 37.8. The van der Waals surface area contributed by atoms with Crippen LogP contribution in [-0.4, -0.2) is 53.8 Å². The third kappa shape index (κ3) is 2.31. The van der Waals surface area contributed by atoms with Crippen LogP contribution in [0.5, 0.6) is 11.5 Å². The topological polar surface area (TPSA) is 96.3 Å². The molecular formula is C21H25NO6S. The van der Waals surface area contributed by atoms with E-state index in [1.165, 1.54) is 12.8 Å². The van der Waals surface area contributed by atoms with Gasteiger partial charge in [0.15, 0.2) is 11.5 Å². The first kappa shape index (κ1) is 18.2. The average Bonchev–Trinajstić information content (AvgIpc) is 3.38. The van der Waals surface area contributed by atoms with Gasteiger partial charge >= 0.3 is 10.4 Å². The highest BCUT2D eigenvalue weighted by atomic mass is 32.3. The number of hydrogen-bond donors (Lipinski definition) is 2. The third-order valence-corrected chi connectivity index (χ3v) is 8.28. The Balaban J connectivity index is 1.54. The Labute approximate surface area is 170 Å². The van der Waals surface area contributed by atoms with E-state index in [1.807, 2.05) is 6.07 Å². The van der Waals surface area contributed by atoms with Gasteiger partial charge in [-0.25, -0.2) is 0 Å². The lowest BCUT2D eigenvalue weighted by atomic mass is 9.48. The molecule has 8 heteroatoms. The lowest BCUT2D eigenvalue weighted by Crippen LogP contribution is -2.75. The van der Waals surface area contributed by atoms with Gasteiger partial charge in [0, 0.05) is 18.2 Å². The Kier molecular flexibility index (Phi) is 3.48. The van der Waals surface area contributed by atoms with Crippen molar-refractivity contribution in [2.45, 2.75) is 61.7 Å². The highest BCUT2D eigenvalue weighted by Gasteiger charge is 2.72. The summed E-state index contributed by atoms with van der Waals surface area (Å²) in [5.74, 6) is 1.05. The predicted molar refractivity (Wildman–Crippen MR) is 104 cm³/mol. The number of nitrogens with zero attached hydrogens (tertiary/aromatic N) is 1. The molecule has 1 spiro atoms. The Morgan fingerprint density at radius 3 is 2.83 bits per heavy atom. The molecule has 0 radical (unpaired) electrons. The molecule has 2 N–H and O–H groups in total. The van der Waals surface area contributed by atoms with Gasteiger partial charge < -0.3 is 14.0 Å². The molecule has 156 valence electrons. The number of piperidine rings is 1. The van der Waals surface area contributed by atoms with Gasteiger partial charge in [-0.3, -0.25) is 9.45 Å². The SMILES string of the molecule is C=C1CC[C@@]2(O)[C@H]3Cc4ccc(OS(=O)(=O)O)c5c4[C@@]2(CCN3CC2CC2)[C@H]1O5. The lowest BCUT2D eigenvalue weighted by molar-refractivity contribution is -0.174. The van der Waals surface area contributed by atoms with Gasteiger partial charge in [0.2, 0.25) is 0 Å². The standard InChI is InChI=1S/C21H25NO6S/c1-12-6-7-21(23)16-10-14-4-5-15(28-29(24,25)26)18-17(14)20(21,19(12)27-18)8-9-22(16)11-13-2-3-13/h4-5,13,16,19,23H,1-3,6-11H2,(H,24,25,26)/t16-,19+,20+,21-/m1/s1. The van der Waals surface area contributed by atoms with Crippen molar-refractivity contribution in [2.75, 3.05) is 13.1 Å². The zero-order valence-electron chi connectivity index (χ0n) is 16.1. The maximum atomic E-state index is 12.2. The zero-order valence-corrected chi connectivity index (χ0v) is 17.0. The maximum absolute atomic E-state index is 12.2. The smallest absolute Gasteiger partial charge is 0.446 e. The fourth-order valence-corrected chi connectivity index (χ4v) is 6.92. The molecule has 1 saturated heterocycles. The molecule has 2 bridgehead atoms. The van der Waals surface area contributed by atoms with Crippen LogP contribution in [0, 0.1) is 5.92 Å². The first-order valence-electron chi connectivity index (χ1n) is 10.4. The van der Waals surface area contributed by atoms with Gasteiger partial charge in [-0.1, -0.05) is 12.6 Å². The van der Waals surface area contributed by atoms with Gasteiger partial charge in [-0.05, 0) is 68.2 Å². The van der Waals surface area contributed by atoms with Gasteiger partial charge in [-0.15, -0.1) is 0 Å². The highest BCUT2D eigenvalue weighted by Crippen LogP contribution is 2.66. The zero-order chi connectivity index (χ0) is 20.2. The van der Waals surface area contributed by atoms with Crippen molar-refractivity contribution in [2.24, 2.45) is 5.92 Å². The first-order chi connectivity index (χ1) is 13.7. The van der Waals surface area contributed by atoms with Crippen molar-refractivity contribution >= 4 is 10.4 Å². The fraction of sp³-hybridized carbons (Fsp3) is 0.619. The molecule has 2 heterocycles. The van der Waals surface area contributed by atoms with Crippen molar-refractivity contribution in [1.29, 1.82) is 0 Å². The van der Waals surface area contributed by atoms with Gasteiger partial charge in [0.05, 0.1) is 11.0 Å². The van der Waals surface area contributed by atoms with Crippen LogP contribution in [0.3, 0.4) is 0 Å². The summed E-state index contributed by atoms with van der Waals surface area (Å²) in [6.07, 6.45) is 4.85. The van der Waals surface area contributed by atoms with Crippen molar-refractivity contribution in [3.63, 3.8) is 0 Å². The fourth-order valence-electron chi connectivity index (χ4n) is 6.56. The van der Waals surface area contributed by atoms with Gasteiger partial charge in [0.25, 0.3) is 0 Å². The van der Waals surface area contributed by atoms with Crippen molar-refractivity contribution in [3.8, 4) is 11.5 Å². The lowest BCUT2D eigenvalue weighted by Gasteiger charge is -2.63. The van der Waals surface area contributed by atoms with Crippen LogP contribution >= 0.6 is 0 Å². The molecule has 29 heavy (non-hydrogen) atoms. The van der Waals surface area contributed by atoms with Crippen molar-refractivity contribution in [3.05, 3.63) is 35.4 Å². The van der Waals surface area contributed by atoms with Crippen molar-refractivity contribution in [1.82, 2.24) is 4.90 Å². The molecule has 1 aromatic carbocycles. The van der Waals surface area contributed by atoms with Crippen LogP contribution in [0.15, 0.2) is 24.3 Å². The van der Waals surface area contributed by atoms with E-state index in [0.29, 0.717) is 25.0 Å². The summed E-state index contributed by atoms with van der Waals surface area (Å²) in [5.41, 5.74) is 1.24. The molecule has 2 aliphatic heterocycles. The Morgan fingerprint density at radius 2 is 2.10 bits per heavy atom. The van der Waals surface area contributed by atoms with E-state index >= 15 is 0 Å². The summed E-state index contributed by atoms with van der Waals surface area (Å²) in [4.78, 5) is 2.47. The number of benzene rings is 1. The molecule has 3 aliphatic carbocycles. The Hall–Kier alpha value is -1.61. The average molecular weight is 419 g/mol. The number of ether oxygens (including phenoxy) is 1. The molecule has 0 amide bonds. The molecule has 3 fully saturated rings. The Morgan fingerprint density at radius 1 is 1.31 bits per heavy atom. The monoisotopic (exact) mass is 419 g/mol. The summed E-state index contributed by atoms with van der Waals surface area (Å²) in [6, 6.07) is 3.42. The summed E-state index contributed by atoms with van der Waals surface area (Å²) >= 11 is 0. The van der Waals surface area contributed by atoms with Crippen LogP contribution in [-0.2, 0) is 22.2 Å². The largest absolute Gasteiger partial charge is 0.481 e. The van der Waals surface area contributed by atoms with E-state index in [2.05, 4.69) is 11.5 Å². The predicted octanol–water partition coefficient (Wildman–Crippen LogP) is 1.99. The minimum atomic E-state index is -4.68. The van der Waals surface area contributed by atoms with Gasteiger partial charge in [0.1, 0.15) is 6.10 Å². The van der Waals surface area contributed by atoms with Crippen LogP contribution in [0.1, 0.15) is 43.2 Å². The number of likely N-dealkylation sites (tertiary alicyclic amines) is 1. The Bertz CT molecular complexity index is 1030. The van der Waals surface area contributed by atoms with Crippen LogP contribution in [0.4, 0.5) is 0 Å². The van der Waals surface area contributed by atoms with Gasteiger partial charge in [-0.2, -0.15) is 8.42 Å². The highest BCUT2D eigenvalue weighted by molar-refractivity contribution is 7.81. The van der Waals surface area contributed by atoms with E-state index in [1.54, 1.807) is 6.07 Å². The summed E-state index contributed by atoms with van der Waals surface area (Å²) in [5, 5.41) is 12.2. The maximum Gasteiger partial charge on any atom is 0.446 e. The van der Waals surface area contributed by atoms with E-state index in [-0.39, 0.29) is 11.8 Å². The minimum absolute atomic E-state index is 0.0165.